The van der Waals surface area contributed by atoms with E-state index in [1.807, 2.05) is 20.9 Å². The molecule has 0 aliphatic heterocycles. The van der Waals surface area contributed by atoms with Crippen LogP contribution in [0.1, 0.15) is 50.9 Å². The zero-order valence-electron chi connectivity index (χ0n) is 12.9. The smallest absolute Gasteiger partial charge is 0.221 e. The van der Waals surface area contributed by atoms with E-state index in [4.69, 9.17) is 4.74 Å². The number of nitrogens with zero attached hydrogens (tertiary/aromatic N) is 2. The molecule has 0 saturated heterocycles. The molecule has 108 valence electrons. The maximum absolute atomic E-state index is 5.92. The minimum absolute atomic E-state index is 0.618. The third-order valence-electron chi connectivity index (χ3n) is 3.45. The summed E-state index contributed by atoms with van der Waals surface area (Å²) < 4.78 is 5.92. The van der Waals surface area contributed by atoms with Gasteiger partial charge in [-0.25, -0.2) is 4.98 Å². The number of hydrogen-bond donors (Lipinski definition) is 1. The van der Waals surface area contributed by atoms with Gasteiger partial charge in [0.05, 0.1) is 12.2 Å². The van der Waals surface area contributed by atoms with Crippen LogP contribution in [0.5, 0.6) is 5.88 Å². The van der Waals surface area contributed by atoms with E-state index in [0.717, 1.165) is 30.2 Å². The third kappa shape index (κ3) is 4.69. The molecule has 0 spiro atoms. The van der Waals surface area contributed by atoms with E-state index in [-0.39, 0.29) is 0 Å². The van der Waals surface area contributed by atoms with Crippen molar-refractivity contribution < 1.29 is 4.74 Å². The number of unbranched alkanes of at least 4 members (excludes halogenated alkanes) is 1. The Labute approximate surface area is 117 Å². The molecule has 19 heavy (non-hydrogen) atoms. The SMILES string of the molecule is CCCCC(CC)COc1nc(C)nc(NC)c1C. The molecule has 1 unspecified atom stereocenters. The molecule has 1 aromatic rings. The largest absolute Gasteiger partial charge is 0.477 e. The van der Waals surface area contributed by atoms with Crippen molar-refractivity contribution in [3.8, 4) is 5.88 Å². The minimum Gasteiger partial charge on any atom is -0.477 e. The van der Waals surface area contributed by atoms with Crippen molar-refractivity contribution in [3.63, 3.8) is 0 Å². The maximum atomic E-state index is 5.92. The number of aryl methyl sites for hydroxylation is 1. The zero-order chi connectivity index (χ0) is 14.3. The highest BCUT2D eigenvalue weighted by atomic mass is 16.5. The molecule has 4 nitrogen and oxygen atoms in total. The fourth-order valence-electron chi connectivity index (χ4n) is 2.08. The van der Waals surface area contributed by atoms with Crippen molar-refractivity contribution in [1.82, 2.24) is 9.97 Å². The van der Waals surface area contributed by atoms with Crippen molar-refractivity contribution in [3.05, 3.63) is 11.4 Å². The lowest BCUT2D eigenvalue weighted by Crippen LogP contribution is -2.14. The second kappa shape index (κ2) is 7.97. The van der Waals surface area contributed by atoms with Crippen LogP contribution in [0.25, 0.3) is 0 Å². The van der Waals surface area contributed by atoms with Gasteiger partial charge in [0.25, 0.3) is 0 Å². The third-order valence-corrected chi connectivity index (χ3v) is 3.45. The van der Waals surface area contributed by atoms with Gasteiger partial charge in [-0.05, 0) is 26.2 Å². The van der Waals surface area contributed by atoms with Crippen LogP contribution in [-0.4, -0.2) is 23.6 Å². The number of anilines is 1. The van der Waals surface area contributed by atoms with Crippen LogP contribution >= 0.6 is 0 Å². The quantitative estimate of drug-likeness (QED) is 0.778. The summed E-state index contributed by atoms with van der Waals surface area (Å²) in [5, 5.41) is 3.08. The van der Waals surface area contributed by atoms with Crippen molar-refractivity contribution in [2.75, 3.05) is 19.0 Å². The second-order valence-corrected chi connectivity index (χ2v) is 5.03. The first-order valence-electron chi connectivity index (χ1n) is 7.28. The van der Waals surface area contributed by atoms with Gasteiger partial charge in [-0.15, -0.1) is 0 Å². The van der Waals surface area contributed by atoms with E-state index in [2.05, 4.69) is 29.1 Å². The summed E-state index contributed by atoms with van der Waals surface area (Å²) in [6.45, 7) is 9.08. The van der Waals surface area contributed by atoms with E-state index < -0.39 is 0 Å². The molecule has 0 fully saturated rings. The van der Waals surface area contributed by atoms with E-state index >= 15 is 0 Å². The molecule has 1 aromatic heterocycles. The Morgan fingerprint density at radius 1 is 1.21 bits per heavy atom. The van der Waals surface area contributed by atoms with Crippen molar-refractivity contribution in [2.24, 2.45) is 5.92 Å². The molecular weight excluding hydrogens is 238 g/mol. The molecule has 1 rings (SSSR count). The molecule has 0 saturated carbocycles. The average Bonchev–Trinajstić information content (AvgIpc) is 2.42. The van der Waals surface area contributed by atoms with E-state index in [9.17, 15) is 0 Å². The second-order valence-electron chi connectivity index (χ2n) is 5.03. The number of rotatable bonds is 8. The van der Waals surface area contributed by atoms with Crippen molar-refractivity contribution >= 4 is 5.82 Å². The molecule has 0 aliphatic rings. The first-order valence-corrected chi connectivity index (χ1v) is 7.28. The predicted octanol–water partition coefficient (Wildman–Crippen LogP) is 3.73. The van der Waals surface area contributed by atoms with Crippen LogP contribution in [0, 0.1) is 19.8 Å². The normalized spacial score (nSPS) is 12.3. The minimum atomic E-state index is 0.618. The molecule has 4 heteroatoms. The lowest BCUT2D eigenvalue weighted by molar-refractivity contribution is 0.224. The van der Waals surface area contributed by atoms with Crippen molar-refractivity contribution in [1.29, 1.82) is 0 Å². The van der Waals surface area contributed by atoms with Crippen LogP contribution in [0.3, 0.4) is 0 Å². The first-order chi connectivity index (χ1) is 9.12. The molecule has 0 radical (unpaired) electrons. The fraction of sp³-hybridized carbons (Fsp3) is 0.733. The van der Waals surface area contributed by atoms with Crippen molar-refractivity contribution in [2.45, 2.75) is 53.4 Å². The number of nitrogens with one attached hydrogen (secondary N) is 1. The summed E-state index contributed by atoms with van der Waals surface area (Å²) >= 11 is 0. The monoisotopic (exact) mass is 265 g/mol. The number of hydrogen-bond acceptors (Lipinski definition) is 4. The molecule has 1 atom stereocenters. The van der Waals surface area contributed by atoms with Crippen LogP contribution in [0.4, 0.5) is 5.82 Å². The highest BCUT2D eigenvalue weighted by Gasteiger charge is 2.12. The molecule has 1 N–H and O–H groups in total. The standard InChI is InChI=1S/C15H27N3O/c1-6-8-9-13(7-2)10-19-15-11(3)14(16-5)17-12(4)18-15/h13H,6-10H2,1-5H3,(H,16,17,18). The summed E-state index contributed by atoms with van der Waals surface area (Å²) in [6.07, 6.45) is 4.90. The Balaban J connectivity index is 2.68. The molecule has 0 aromatic carbocycles. The molecule has 0 bridgehead atoms. The van der Waals surface area contributed by atoms with Gasteiger partial charge in [-0.3, -0.25) is 0 Å². The zero-order valence-corrected chi connectivity index (χ0v) is 12.9. The molecular formula is C15H27N3O. The fourth-order valence-corrected chi connectivity index (χ4v) is 2.08. The van der Waals surface area contributed by atoms with Gasteiger partial charge in [0.2, 0.25) is 5.88 Å². The van der Waals surface area contributed by atoms with Crippen LogP contribution in [0.15, 0.2) is 0 Å². The molecule has 1 heterocycles. The van der Waals surface area contributed by atoms with Gasteiger partial charge >= 0.3 is 0 Å². The average molecular weight is 265 g/mol. The summed E-state index contributed by atoms with van der Waals surface area (Å²) in [5.74, 6) is 2.93. The Hall–Kier alpha value is -1.32. The number of aromatic nitrogens is 2. The Morgan fingerprint density at radius 3 is 2.53 bits per heavy atom. The topological polar surface area (TPSA) is 47.0 Å². The molecule has 0 aliphatic carbocycles. The summed E-state index contributed by atoms with van der Waals surface area (Å²) in [7, 11) is 1.87. The lowest BCUT2D eigenvalue weighted by atomic mass is 10.0. The Morgan fingerprint density at radius 2 is 1.95 bits per heavy atom. The van der Waals surface area contributed by atoms with Gasteiger partial charge in [-0.1, -0.05) is 33.1 Å². The van der Waals surface area contributed by atoms with Gasteiger partial charge in [0.15, 0.2) is 0 Å². The van der Waals surface area contributed by atoms with E-state index in [1.54, 1.807) is 0 Å². The predicted molar refractivity (Wildman–Crippen MR) is 79.9 cm³/mol. The summed E-state index contributed by atoms with van der Waals surface area (Å²) in [4.78, 5) is 8.74. The maximum Gasteiger partial charge on any atom is 0.221 e. The van der Waals surface area contributed by atoms with Gasteiger partial charge in [0.1, 0.15) is 11.6 Å². The lowest BCUT2D eigenvalue weighted by Gasteiger charge is -2.17. The van der Waals surface area contributed by atoms with Gasteiger partial charge in [-0.2, -0.15) is 4.98 Å². The Bertz CT molecular complexity index is 393. The first kappa shape index (κ1) is 15.7. The van der Waals surface area contributed by atoms with Crippen LogP contribution in [-0.2, 0) is 0 Å². The summed E-state index contributed by atoms with van der Waals surface area (Å²) in [6, 6.07) is 0. The van der Waals surface area contributed by atoms with E-state index in [0.29, 0.717) is 11.8 Å². The highest BCUT2D eigenvalue weighted by molar-refractivity contribution is 5.47. The highest BCUT2D eigenvalue weighted by Crippen LogP contribution is 2.23. The van der Waals surface area contributed by atoms with Crippen LogP contribution < -0.4 is 10.1 Å². The van der Waals surface area contributed by atoms with Gasteiger partial charge in [0, 0.05) is 7.05 Å². The Kier molecular flexibility index (Phi) is 6.60. The summed E-state index contributed by atoms with van der Waals surface area (Å²) in [5.41, 5.74) is 0.985. The number of ether oxygens (including phenoxy) is 1. The van der Waals surface area contributed by atoms with Crippen LogP contribution in [0.2, 0.25) is 0 Å². The van der Waals surface area contributed by atoms with Gasteiger partial charge < -0.3 is 10.1 Å². The molecule has 0 amide bonds. The van der Waals surface area contributed by atoms with E-state index in [1.165, 1.54) is 19.3 Å².